The zero-order chi connectivity index (χ0) is 13.9. The third-order valence-electron chi connectivity index (χ3n) is 2.51. The molecule has 0 bridgehead atoms. The van der Waals surface area contributed by atoms with Gasteiger partial charge in [0.05, 0.1) is 0 Å². The molecule has 0 aliphatic carbocycles. The Morgan fingerprint density at radius 3 is 2.53 bits per heavy atom. The molecule has 0 spiro atoms. The van der Waals surface area contributed by atoms with Crippen molar-refractivity contribution < 1.29 is 17.9 Å². The molecular formula is C14H12F3NO. The minimum Gasteiger partial charge on any atom is -0.489 e. The van der Waals surface area contributed by atoms with Crippen LogP contribution in [-0.2, 0) is 12.8 Å². The molecule has 0 aliphatic heterocycles. The molecule has 1 aromatic heterocycles. The number of hydrogen-bond donors (Lipinski definition) is 0. The molecule has 2 nitrogen and oxygen atoms in total. The van der Waals surface area contributed by atoms with Gasteiger partial charge in [0.1, 0.15) is 18.1 Å². The first-order chi connectivity index (χ1) is 8.95. The highest BCUT2D eigenvalue weighted by Crippen LogP contribution is 2.27. The van der Waals surface area contributed by atoms with Gasteiger partial charge in [0.25, 0.3) is 0 Å². The lowest BCUT2D eigenvalue weighted by Gasteiger charge is -2.08. The van der Waals surface area contributed by atoms with Gasteiger partial charge in [0.2, 0.25) is 0 Å². The fraction of sp³-hybridized carbons (Fsp3) is 0.214. The fourth-order valence-corrected chi connectivity index (χ4v) is 1.55. The van der Waals surface area contributed by atoms with E-state index in [0.29, 0.717) is 11.3 Å². The van der Waals surface area contributed by atoms with Crippen LogP contribution in [0.5, 0.6) is 5.75 Å². The van der Waals surface area contributed by atoms with Gasteiger partial charge in [-0.1, -0.05) is 18.2 Å². The van der Waals surface area contributed by atoms with Gasteiger partial charge in [-0.2, -0.15) is 13.2 Å². The van der Waals surface area contributed by atoms with E-state index in [1.165, 1.54) is 12.3 Å². The van der Waals surface area contributed by atoms with E-state index in [1.807, 2.05) is 25.1 Å². The monoisotopic (exact) mass is 267 g/mol. The zero-order valence-electron chi connectivity index (χ0n) is 10.2. The highest BCUT2D eigenvalue weighted by Gasteiger charge is 2.31. The van der Waals surface area contributed by atoms with Crippen molar-refractivity contribution in [3.8, 4) is 5.75 Å². The second-order valence-electron chi connectivity index (χ2n) is 4.15. The molecule has 0 radical (unpaired) electrons. The lowest BCUT2D eigenvalue weighted by molar-refractivity contribution is -0.141. The molecule has 0 aliphatic rings. The van der Waals surface area contributed by atoms with E-state index in [9.17, 15) is 13.2 Å². The first-order valence-corrected chi connectivity index (χ1v) is 5.67. The number of nitrogens with zero attached hydrogens (tertiary/aromatic N) is 1. The summed E-state index contributed by atoms with van der Waals surface area (Å²) in [6.45, 7) is 2.13. The van der Waals surface area contributed by atoms with Crippen molar-refractivity contribution in [2.45, 2.75) is 19.7 Å². The van der Waals surface area contributed by atoms with Crippen LogP contribution >= 0.6 is 0 Å². The summed E-state index contributed by atoms with van der Waals surface area (Å²) in [7, 11) is 0. The van der Waals surface area contributed by atoms with Crippen molar-refractivity contribution in [3.05, 3.63) is 59.4 Å². The number of aromatic nitrogens is 1. The Labute approximate surface area is 108 Å². The number of ether oxygens (including phenoxy) is 1. The van der Waals surface area contributed by atoms with Crippen LogP contribution in [0.1, 0.15) is 16.8 Å². The molecule has 0 atom stereocenters. The Hall–Kier alpha value is -2.04. The number of aryl methyl sites for hydroxylation is 1. The molecule has 5 heteroatoms. The van der Waals surface area contributed by atoms with E-state index < -0.39 is 11.9 Å². The maximum atomic E-state index is 12.3. The van der Waals surface area contributed by atoms with Gasteiger partial charge in [0, 0.05) is 11.8 Å². The number of halogens is 3. The van der Waals surface area contributed by atoms with E-state index in [-0.39, 0.29) is 6.61 Å². The van der Waals surface area contributed by atoms with Crippen LogP contribution in [0.25, 0.3) is 0 Å². The molecule has 19 heavy (non-hydrogen) atoms. The van der Waals surface area contributed by atoms with E-state index in [1.54, 1.807) is 6.07 Å². The molecule has 0 N–H and O–H groups in total. The van der Waals surface area contributed by atoms with Crippen molar-refractivity contribution in [2.24, 2.45) is 0 Å². The minimum atomic E-state index is -4.41. The zero-order valence-corrected chi connectivity index (χ0v) is 10.2. The summed E-state index contributed by atoms with van der Waals surface area (Å²) >= 11 is 0. The molecular weight excluding hydrogens is 255 g/mol. The maximum absolute atomic E-state index is 12.3. The van der Waals surface area contributed by atoms with Crippen LogP contribution < -0.4 is 4.74 Å². The third kappa shape index (κ3) is 3.71. The van der Waals surface area contributed by atoms with Crippen LogP contribution in [0, 0.1) is 6.92 Å². The normalized spacial score (nSPS) is 11.4. The van der Waals surface area contributed by atoms with E-state index in [4.69, 9.17) is 4.74 Å². The van der Waals surface area contributed by atoms with Gasteiger partial charge in [-0.25, -0.2) is 0 Å². The molecule has 1 aromatic carbocycles. The van der Waals surface area contributed by atoms with Crippen LogP contribution in [0.4, 0.5) is 13.2 Å². The van der Waals surface area contributed by atoms with Gasteiger partial charge in [-0.3, -0.25) is 4.98 Å². The summed E-state index contributed by atoms with van der Waals surface area (Å²) < 4.78 is 42.4. The van der Waals surface area contributed by atoms with Crippen molar-refractivity contribution in [2.75, 3.05) is 0 Å². The summed E-state index contributed by atoms with van der Waals surface area (Å²) in [5.74, 6) is 0.680. The van der Waals surface area contributed by atoms with Crippen molar-refractivity contribution in [3.63, 3.8) is 0 Å². The molecule has 2 rings (SSSR count). The average molecular weight is 267 g/mol. The van der Waals surface area contributed by atoms with Gasteiger partial charge < -0.3 is 4.74 Å². The summed E-state index contributed by atoms with van der Waals surface area (Å²) in [6, 6.07) is 9.77. The van der Waals surface area contributed by atoms with Crippen molar-refractivity contribution >= 4 is 0 Å². The largest absolute Gasteiger partial charge is 0.489 e. The number of alkyl halides is 3. The van der Waals surface area contributed by atoms with Crippen LogP contribution in [0.15, 0.2) is 42.6 Å². The van der Waals surface area contributed by atoms with E-state index in [2.05, 4.69) is 4.98 Å². The summed E-state index contributed by atoms with van der Waals surface area (Å²) in [4.78, 5) is 3.37. The third-order valence-corrected chi connectivity index (χ3v) is 2.51. The molecule has 1 heterocycles. The van der Waals surface area contributed by atoms with Crippen LogP contribution in [-0.4, -0.2) is 4.98 Å². The molecule has 0 fully saturated rings. The highest BCUT2D eigenvalue weighted by molar-refractivity contribution is 5.27. The quantitative estimate of drug-likeness (QED) is 0.839. The number of benzene rings is 1. The average Bonchev–Trinajstić information content (AvgIpc) is 2.36. The first-order valence-electron chi connectivity index (χ1n) is 5.67. The topological polar surface area (TPSA) is 22.1 Å². The van der Waals surface area contributed by atoms with E-state index >= 15 is 0 Å². The van der Waals surface area contributed by atoms with E-state index in [0.717, 1.165) is 11.6 Å². The molecule has 0 saturated carbocycles. The molecule has 0 unspecified atom stereocenters. The van der Waals surface area contributed by atoms with Gasteiger partial charge in [-0.15, -0.1) is 0 Å². The summed E-state index contributed by atoms with van der Waals surface area (Å²) in [5, 5.41) is 0. The minimum absolute atomic E-state index is 0.189. The fourth-order valence-electron chi connectivity index (χ4n) is 1.55. The summed E-state index contributed by atoms with van der Waals surface area (Å²) in [5.41, 5.74) is 0.754. The van der Waals surface area contributed by atoms with Gasteiger partial charge in [-0.05, 0) is 30.7 Å². The predicted molar refractivity (Wildman–Crippen MR) is 64.8 cm³/mol. The Bertz CT molecular complexity index is 549. The second kappa shape index (κ2) is 5.30. The molecule has 2 aromatic rings. The SMILES string of the molecule is Cc1cccc(OCc2ccc(C(F)(F)F)nc2)c1. The van der Waals surface area contributed by atoms with Gasteiger partial charge in [0.15, 0.2) is 0 Å². The standard InChI is InChI=1S/C14H12F3NO/c1-10-3-2-4-12(7-10)19-9-11-5-6-13(18-8-11)14(15,16)17/h2-8H,9H2,1H3. The molecule has 0 amide bonds. The molecule has 0 saturated heterocycles. The number of rotatable bonds is 3. The highest BCUT2D eigenvalue weighted by atomic mass is 19.4. The Morgan fingerprint density at radius 2 is 1.95 bits per heavy atom. The summed E-state index contributed by atoms with van der Waals surface area (Å²) in [6.07, 6.45) is -3.23. The second-order valence-corrected chi connectivity index (χ2v) is 4.15. The first kappa shape index (κ1) is 13.4. The maximum Gasteiger partial charge on any atom is 0.433 e. The Kier molecular flexibility index (Phi) is 3.74. The van der Waals surface area contributed by atoms with Crippen LogP contribution in [0.3, 0.4) is 0 Å². The lowest BCUT2D eigenvalue weighted by Crippen LogP contribution is -2.08. The number of pyridine rings is 1. The van der Waals surface area contributed by atoms with Crippen molar-refractivity contribution in [1.29, 1.82) is 0 Å². The Balaban J connectivity index is 2.01. The smallest absolute Gasteiger partial charge is 0.433 e. The Morgan fingerprint density at radius 1 is 1.16 bits per heavy atom. The number of hydrogen-bond acceptors (Lipinski definition) is 2. The lowest BCUT2D eigenvalue weighted by atomic mass is 10.2. The predicted octanol–water partition coefficient (Wildman–Crippen LogP) is 3.99. The van der Waals surface area contributed by atoms with Crippen molar-refractivity contribution in [1.82, 2.24) is 4.98 Å². The molecule has 100 valence electrons. The van der Waals surface area contributed by atoms with Gasteiger partial charge >= 0.3 is 6.18 Å². The van der Waals surface area contributed by atoms with Crippen LogP contribution in [0.2, 0.25) is 0 Å².